The molecule has 1 saturated heterocycles. The Labute approximate surface area is 112 Å². The smallest absolute Gasteiger partial charge is 0.254 e. The van der Waals surface area contributed by atoms with Crippen molar-refractivity contribution in [2.45, 2.75) is 18.9 Å². The summed E-state index contributed by atoms with van der Waals surface area (Å²) in [7, 11) is 0. The Morgan fingerprint density at radius 3 is 2.39 bits per heavy atom. The topological polar surface area (TPSA) is 89.4 Å². The van der Waals surface area contributed by atoms with E-state index in [-0.39, 0.29) is 18.3 Å². The highest BCUT2D eigenvalue weighted by Gasteiger charge is 2.32. The molecular weight excluding hydrogens is 254 g/mol. The van der Waals surface area contributed by atoms with Crippen molar-refractivity contribution in [3.8, 4) is 0 Å². The summed E-state index contributed by atoms with van der Waals surface area (Å²) in [6.07, 6.45) is 1.46. The van der Waals surface area contributed by atoms with Gasteiger partial charge in [0.25, 0.3) is 5.91 Å². The fourth-order valence-corrected chi connectivity index (χ4v) is 2.10. The van der Waals surface area contributed by atoms with E-state index >= 15 is 0 Å². The molecule has 0 saturated carbocycles. The van der Waals surface area contributed by atoms with Gasteiger partial charge in [-0.2, -0.15) is 0 Å². The van der Waals surface area contributed by atoms with E-state index in [0.29, 0.717) is 24.2 Å². The number of rotatable bonds is 2. The predicted molar refractivity (Wildman–Crippen MR) is 71.4 cm³/mol. The van der Waals surface area contributed by atoms with Gasteiger partial charge in [-0.25, -0.2) is 0 Å². The number of nitrogens with zero attached hydrogens (tertiary/aromatic N) is 1. The van der Waals surface area contributed by atoms with Crippen LogP contribution < -0.4 is 11.5 Å². The van der Waals surface area contributed by atoms with Crippen molar-refractivity contribution in [1.29, 1.82) is 0 Å². The third-order valence-corrected chi connectivity index (χ3v) is 3.00. The van der Waals surface area contributed by atoms with Gasteiger partial charge in [0.2, 0.25) is 5.91 Å². The highest BCUT2D eigenvalue weighted by atomic mass is 35.5. The molecule has 1 aliphatic rings. The van der Waals surface area contributed by atoms with Gasteiger partial charge in [-0.1, -0.05) is 0 Å². The van der Waals surface area contributed by atoms with E-state index in [1.807, 2.05) is 0 Å². The Morgan fingerprint density at radius 1 is 1.22 bits per heavy atom. The fraction of sp³-hybridized carbons (Fsp3) is 0.333. The van der Waals surface area contributed by atoms with Crippen LogP contribution in [-0.2, 0) is 4.79 Å². The molecule has 5 nitrogen and oxygen atoms in total. The average molecular weight is 270 g/mol. The maximum atomic E-state index is 12.2. The number of halogens is 1. The average Bonchev–Trinajstić information content (AvgIpc) is 2.78. The molecule has 1 aromatic rings. The number of nitrogens with two attached hydrogens (primary N) is 2. The molecule has 98 valence electrons. The van der Waals surface area contributed by atoms with Crippen molar-refractivity contribution >= 4 is 29.9 Å². The van der Waals surface area contributed by atoms with E-state index < -0.39 is 11.9 Å². The molecule has 0 radical (unpaired) electrons. The summed E-state index contributed by atoms with van der Waals surface area (Å²) >= 11 is 0. The van der Waals surface area contributed by atoms with Crippen molar-refractivity contribution in [3.63, 3.8) is 0 Å². The second kappa shape index (κ2) is 5.73. The van der Waals surface area contributed by atoms with E-state index in [2.05, 4.69) is 0 Å². The minimum Gasteiger partial charge on any atom is -0.399 e. The van der Waals surface area contributed by atoms with Crippen LogP contribution in [0.1, 0.15) is 23.2 Å². The first kappa shape index (κ1) is 14.3. The lowest BCUT2D eigenvalue weighted by Gasteiger charge is -2.22. The fourth-order valence-electron chi connectivity index (χ4n) is 2.10. The van der Waals surface area contributed by atoms with Gasteiger partial charge in [-0.3, -0.25) is 9.59 Å². The van der Waals surface area contributed by atoms with Crippen LogP contribution in [-0.4, -0.2) is 29.3 Å². The van der Waals surface area contributed by atoms with Crippen molar-refractivity contribution in [2.75, 3.05) is 12.3 Å². The molecular formula is C12H16ClN3O2. The van der Waals surface area contributed by atoms with Crippen molar-refractivity contribution in [3.05, 3.63) is 29.8 Å². The second-order valence-corrected chi connectivity index (χ2v) is 4.18. The lowest BCUT2D eigenvalue weighted by atomic mass is 10.1. The highest BCUT2D eigenvalue weighted by Crippen LogP contribution is 2.20. The van der Waals surface area contributed by atoms with Crippen LogP contribution in [0.15, 0.2) is 24.3 Å². The van der Waals surface area contributed by atoms with Crippen molar-refractivity contribution in [2.24, 2.45) is 5.73 Å². The SMILES string of the molecule is Cl.NC(=O)C1CCCN1C(=O)c1ccc(N)cc1. The summed E-state index contributed by atoms with van der Waals surface area (Å²) < 4.78 is 0. The minimum atomic E-state index is -0.472. The lowest BCUT2D eigenvalue weighted by molar-refractivity contribution is -0.121. The quantitative estimate of drug-likeness (QED) is 0.778. The van der Waals surface area contributed by atoms with Gasteiger partial charge < -0.3 is 16.4 Å². The van der Waals surface area contributed by atoms with Crippen LogP contribution in [0, 0.1) is 0 Å². The Kier molecular flexibility index (Phi) is 4.55. The number of carbonyl (C=O) groups is 2. The summed E-state index contributed by atoms with van der Waals surface area (Å²) in [4.78, 5) is 24.9. The molecule has 1 aromatic carbocycles. The molecule has 4 N–H and O–H groups in total. The van der Waals surface area contributed by atoms with Gasteiger partial charge in [-0.05, 0) is 37.1 Å². The summed E-state index contributed by atoms with van der Waals surface area (Å²) in [6, 6.07) is 6.19. The van der Waals surface area contributed by atoms with Gasteiger partial charge in [0.05, 0.1) is 0 Å². The number of nitrogen functional groups attached to an aromatic ring is 1. The molecule has 18 heavy (non-hydrogen) atoms. The van der Waals surface area contributed by atoms with Crippen LogP contribution >= 0.6 is 12.4 Å². The molecule has 0 aliphatic carbocycles. The molecule has 1 fully saturated rings. The number of amides is 2. The standard InChI is InChI=1S/C12H15N3O2.ClH/c13-9-5-3-8(4-6-9)12(17)15-7-1-2-10(15)11(14)16;/h3-6,10H,1-2,7,13H2,(H2,14,16);1H. The Morgan fingerprint density at radius 2 is 1.83 bits per heavy atom. The maximum Gasteiger partial charge on any atom is 0.254 e. The Hall–Kier alpha value is -1.75. The van der Waals surface area contributed by atoms with Gasteiger partial charge in [0.1, 0.15) is 6.04 Å². The number of benzene rings is 1. The largest absolute Gasteiger partial charge is 0.399 e. The van der Waals surface area contributed by atoms with E-state index in [1.54, 1.807) is 24.3 Å². The number of anilines is 1. The van der Waals surface area contributed by atoms with Gasteiger partial charge >= 0.3 is 0 Å². The van der Waals surface area contributed by atoms with E-state index in [0.717, 1.165) is 6.42 Å². The summed E-state index contributed by atoms with van der Waals surface area (Å²) in [5.74, 6) is -0.599. The molecule has 0 bridgehead atoms. The van der Waals surface area contributed by atoms with E-state index in [1.165, 1.54) is 4.90 Å². The normalized spacial score (nSPS) is 18.2. The van der Waals surface area contributed by atoms with Crippen molar-refractivity contribution in [1.82, 2.24) is 4.90 Å². The molecule has 6 heteroatoms. The molecule has 2 amide bonds. The van der Waals surface area contributed by atoms with E-state index in [9.17, 15) is 9.59 Å². The number of likely N-dealkylation sites (tertiary alicyclic amines) is 1. The maximum absolute atomic E-state index is 12.2. The minimum absolute atomic E-state index is 0. The van der Waals surface area contributed by atoms with Crippen LogP contribution in [0.4, 0.5) is 5.69 Å². The number of hydrogen-bond donors (Lipinski definition) is 2. The first-order valence-electron chi connectivity index (χ1n) is 5.55. The van der Waals surface area contributed by atoms with Gasteiger partial charge in [0, 0.05) is 17.8 Å². The zero-order valence-corrected chi connectivity index (χ0v) is 10.7. The second-order valence-electron chi connectivity index (χ2n) is 4.18. The van der Waals surface area contributed by atoms with Crippen LogP contribution in [0.2, 0.25) is 0 Å². The number of primary amides is 1. The third kappa shape index (κ3) is 2.73. The number of hydrogen-bond acceptors (Lipinski definition) is 3. The lowest BCUT2D eigenvalue weighted by Crippen LogP contribution is -2.43. The summed E-state index contributed by atoms with van der Waals surface area (Å²) in [5, 5.41) is 0. The molecule has 1 heterocycles. The molecule has 1 unspecified atom stereocenters. The zero-order valence-electron chi connectivity index (χ0n) is 9.83. The van der Waals surface area contributed by atoms with Crippen LogP contribution in [0.5, 0.6) is 0 Å². The molecule has 0 spiro atoms. The molecule has 2 rings (SSSR count). The van der Waals surface area contributed by atoms with Gasteiger partial charge in [-0.15, -0.1) is 12.4 Å². The predicted octanol–water partition coefficient (Wildman–Crippen LogP) is 0.780. The Balaban J connectivity index is 0.00000162. The first-order valence-corrected chi connectivity index (χ1v) is 5.55. The third-order valence-electron chi connectivity index (χ3n) is 3.00. The summed E-state index contributed by atoms with van der Waals surface area (Å²) in [5.41, 5.74) is 12.0. The zero-order chi connectivity index (χ0) is 12.4. The van der Waals surface area contributed by atoms with Crippen LogP contribution in [0.3, 0.4) is 0 Å². The molecule has 0 aromatic heterocycles. The van der Waals surface area contributed by atoms with E-state index in [4.69, 9.17) is 11.5 Å². The molecule has 1 aliphatic heterocycles. The number of carbonyl (C=O) groups excluding carboxylic acids is 2. The van der Waals surface area contributed by atoms with Gasteiger partial charge in [0.15, 0.2) is 0 Å². The molecule has 1 atom stereocenters. The Bertz CT molecular complexity index is 447. The highest BCUT2D eigenvalue weighted by molar-refractivity contribution is 5.97. The van der Waals surface area contributed by atoms with Crippen molar-refractivity contribution < 1.29 is 9.59 Å². The van der Waals surface area contributed by atoms with Crippen LogP contribution in [0.25, 0.3) is 0 Å². The first-order chi connectivity index (χ1) is 8.09. The monoisotopic (exact) mass is 269 g/mol. The summed E-state index contributed by atoms with van der Waals surface area (Å²) in [6.45, 7) is 0.580.